The minimum atomic E-state index is -4.12. The average molecular weight is 236 g/mol. The summed E-state index contributed by atoms with van der Waals surface area (Å²) in [4.78, 5) is 3.75. The van der Waals surface area contributed by atoms with Gasteiger partial charge >= 0.3 is 6.18 Å². The lowest BCUT2D eigenvalue weighted by atomic mass is 10.5. The summed E-state index contributed by atoms with van der Waals surface area (Å²) >= 11 is 1.07. The number of terminal acetylenes is 1. The Hall–Kier alpha value is -1.16. The molecule has 1 aromatic heterocycles. The number of thioether (sulfide) groups is 1. The molecule has 0 saturated carbocycles. The van der Waals surface area contributed by atoms with E-state index in [0.717, 1.165) is 11.8 Å². The molecule has 0 saturated heterocycles. The van der Waals surface area contributed by atoms with Crippen molar-refractivity contribution in [2.75, 3.05) is 5.75 Å². The van der Waals surface area contributed by atoms with Gasteiger partial charge in [-0.3, -0.25) is 0 Å². The molecule has 0 atom stereocenters. The molecule has 0 aromatic carbocycles. The Labute approximate surface area is 88.4 Å². The van der Waals surface area contributed by atoms with Crippen molar-refractivity contribution < 1.29 is 17.7 Å². The summed E-state index contributed by atoms with van der Waals surface area (Å²) in [5, 5.41) is 3.40. The normalized spacial score (nSPS) is 11.3. The summed E-state index contributed by atoms with van der Waals surface area (Å²) < 4.78 is 39.9. The van der Waals surface area contributed by atoms with Crippen LogP contribution < -0.4 is 0 Å². The van der Waals surface area contributed by atoms with Crippen molar-refractivity contribution in [1.29, 1.82) is 0 Å². The number of hydrogen-bond acceptors (Lipinski definition) is 4. The number of rotatable bonds is 4. The number of halogens is 3. The quantitative estimate of drug-likeness (QED) is 0.593. The van der Waals surface area contributed by atoms with Crippen LogP contribution in [0.2, 0.25) is 0 Å². The van der Waals surface area contributed by atoms with Crippen LogP contribution in [0.25, 0.3) is 0 Å². The average Bonchev–Trinajstić information content (AvgIpc) is 2.59. The first-order chi connectivity index (χ1) is 7.01. The Kier molecular flexibility index (Phi) is 4.03. The highest BCUT2D eigenvalue weighted by atomic mass is 32.2. The van der Waals surface area contributed by atoms with E-state index in [4.69, 9.17) is 6.42 Å². The zero-order valence-corrected chi connectivity index (χ0v) is 8.36. The smallest absolute Gasteiger partial charge is 0.337 e. The Balaban J connectivity index is 2.24. The van der Waals surface area contributed by atoms with Crippen molar-refractivity contribution in [2.24, 2.45) is 0 Å². The van der Waals surface area contributed by atoms with Gasteiger partial charge in [-0.2, -0.15) is 29.9 Å². The van der Waals surface area contributed by atoms with Crippen molar-refractivity contribution in [3.63, 3.8) is 0 Å². The molecule has 0 aliphatic rings. The molecule has 0 unspecified atom stereocenters. The number of nitrogens with zero attached hydrogens (tertiary/aromatic N) is 2. The highest BCUT2D eigenvalue weighted by molar-refractivity contribution is 7.98. The van der Waals surface area contributed by atoms with E-state index in [9.17, 15) is 13.2 Å². The van der Waals surface area contributed by atoms with Crippen LogP contribution in [-0.4, -0.2) is 22.1 Å². The molecular weight excluding hydrogens is 229 g/mol. The van der Waals surface area contributed by atoms with Crippen LogP contribution in [0.3, 0.4) is 0 Å². The zero-order valence-electron chi connectivity index (χ0n) is 7.54. The number of aromatic nitrogens is 2. The summed E-state index contributed by atoms with van der Waals surface area (Å²) in [7, 11) is 0. The van der Waals surface area contributed by atoms with Gasteiger partial charge in [0.1, 0.15) is 0 Å². The lowest BCUT2D eigenvalue weighted by Crippen LogP contribution is -2.08. The summed E-state index contributed by atoms with van der Waals surface area (Å²) in [6, 6.07) is 0. The minimum Gasteiger partial charge on any atom is -0.337 e. The van der Waals surface area contributed by atoms with Gasteiger partial charge in [0, 0.05) is 5.75 Å². The second-order valence-electron chi connectivity index (χ2n) is 2.57. The summed E-state index contributed by atoms with van der Waals surface area (Å²) in [6.07, 6.45) is 0.0397. The van der Waals surface area contributed by atoms with E-state index in [0.29, 0.717) is 0 Å². The van der Waals surface area contributed by atoms with Crippen LogP contribution in [0.15, 0.2) is 4.52 Å². The number of hydrogen-bond donors (Lipinski definition) is 0. The molecule has 1 aromatic rings. The van der Waals surface area contributed by atoms with Crippen molar-refractivity contribution in [3.8, 4) is 12.3 Å². The maximum absolute atomic E-state index is 11.7. The van der Waals surface area contributed by atoms with Crippen molar-refractivity contribution in [2.45, 2.75) is 18.3 Å². The summed E-state index contributed by atoms with van der Waals surface area (Å²) in [6.45, 7) is 0. The lowest BCUT2D eigenvalue weighted by molar-refractivity contribution is -0.129. The first-order valence-corrected chi connectivity index (χ1v) is 5.10. The van der Waals surface area contributed by atoms with Crippen molar-refractivity contribution in [1.82, 2.24) is 10.1 Å². The molecule has 0 amide bonds. The molecule has 0 bridgehead atoms. The second kappa shape index (κ2) is 5.07. The molecule has 1 heterocycles. The summed E-state index contributed by atoms with van der Waals surface area (Å²) in [5.74, 6) is 2.73. The van der Waals surface area contributed by atoms with E-state index in [1.807, 2.05) is 0 Å². The van der Waals surface area contributed by atoms with Crippen LogP contribution in [0.5, 0.6) is 0 Å². The van der Waals surface area contributed by atoms with Gasteiger partial charge < -0.3 is 4.52 Å². The van der Waals surface area contributed by atoms with E-state index in [-0.39, 0.29) is 23.2 Å². The molecular formula is C8H7F3N2OS. The minimum absolute atomic E-state index is 0.0305. The lowest BCUT2D eigenvalue weighted by Gasteiger charge is -2.03. The van der Waals surface area contributed by atoms with Gasteiger partial charge in [0.15, 0.2) is 0 Å². The van der Waals surface area contributed by atoms with Gasteiger partial charge in [-0.1, -0.05) is 0 Å². The summed E-state index contributed by atoms with van der Waals surface area (Å²) in [5.41, 5.74) is 0. The Morgan fingerprint density at radius 2 is 2.20 bits per heavy atom. The monoisotopic (exact) mass is 236 g/mol. The molecule has 0 spiro atoms. The van der Waals surface area contributed by atoms with E-state index in [2.05, 4.69) is 20.6 Å². The van der Waals surface area contributed by atoms with Gasteiger partial charge in [-0.15, -0.1) is 6.42 Å². The Bertz CT molecular complexity index is 356. The fourth-order valence-electron chi connectivity index (χ4n) is 0.719. The number of alkyl halides is 3. The molecule has 0 aliphatic heterocycles. The zero-order chi connectivity index (χ0) is 11.3. The maximum atomic E-state index is 11.7. The van der Waals surface area contributed by atoms with Crippen LogP contribution in [0.4, 0.5) is 13.2 Å². The third kappa shape index (κ3) is 4.74. The van der Waals surface area contributed by atoms with Crippen molar-refractivity contribution in [3.05, 3.63) is 11.7 Å². The highest BCUT2D eigenvalue weighted by Crippen LogP contribution is 2.23. The van der Waals surface area contributed by atoms with E-state index in [1.165, 1.54) is 0 Å². The molecule has 15 heavy (non-hydrogen) atoms. The van der Waals surface area contributed by atoms with E-state index in [1.54, 1.807) is 0 Å². The standard InChI is InChI=1S/C8H7F3N2OS/c1-2-6-12-7(14-13-6)5-15-4-3-8(9,10)11/h1H,3-5H2. The van der Waals surface area contributed by atoms with E-state index >= 15 is 0 Å². The highest BCUT2D eigenvalue weighted by Gasteiger charge is 2.26. The van der Waals surface area contributed by atoms with Crippen LogP contribution in [0.1, 0.15) is 18.1 Å². The van der Waals surface area contributed by atoms with Gasteiger partial charge in [0.2, 0.25) is 11.7 Å². The van der Waals surface area contributed by atoms with Crippen LogP contribution in [-0.2, 0) is 5.75 Å². The second-order valence-corrected chi connectivity index (χ2v) is 3.68. The third-order valence-corrected chi connectivity index (χ3v) is 2.30. The molecule has 0 aliphatic carbocycles. The van der Waals surface area contributed by atoms with E-state index < -0.39 is 12.6 Å². The molecule has 1 rings (SSSR count). The van der Waals surface area contributed by atoms with Gasteiger partial charge in [0.25, 0.3) is 0 Å². The SMILES string of the molecule is C#Cc1noc(CSCCC(F)(F)F)n1. The topological polar surface area (TPSA) is 38.9 Å². The molecule has 0 N–H and O–H groups in total. The fourth-order valence-corrected chi connectivity index (χ4v) is 1.53. The first kappa shape index (κ1) is 11.9. The maximum Gasteiger partial charge on any atom is 0.389 e. The molecule has 0 fully saturated rings. The van der Waals surface area contributed by atoms with Gasteiger partial charge in [-0.25, -0.2) is 0 Å². The van der Waals surface area contributed by atoms with Crippen LogP contribution in [0, 0.1) is 12.3 Å². The fraction of sp³-hybridized carbons (Fsp3) is 0.500. The molecule has 82 valence electrons. The molecule has 0 radical (unpaired) electrons. The molecule has 3 nitrogen and oxygen atoms in total. The van der Waals surface area contributed by atoms with Crippen LogP contribution >= 0.6 is 11.8 Å². The third-order valence-electron chi connectivity index (χ3n) is 1.35. The van der Waals surface area contributed by atoms with Gasteiger partial charge in [-0.05, 0) is 11.1 Å². The Morgan fingerprint density at radius 1 is 1.47 bits per heavy atom. The Morgan fingerprint density at radius 3 is 2.73 bits per heavy atom. The first-order valence-electron chi connectivity index (χ1n) is 3.95. The largest absolute Gasteiger partial charge is 0.389 e. The molecule has 7 heteroatoms. The van der Waals surface area contributed by atoms with Crippen molar-refractivity contribution >= 4 is 11.8 Å². The predicted molar refractivity (Wildman–Crippen MR) is 49.1 cm³/mol. The predicted octanol–water partition coefficient (Wildman–Crippen LogP) is 2.24. The van der Waals surface area contributed by atoms with Gasteiger partial charge in [0.05, 0.1) is 12.2 Å².